The number of amides is 1. The minimum absolute atomic E-state index is 0.0551. The third-order valence-electron chi connectivity index (χ3n) is 4.08. The van der Waals surface area contributed by atoms with E-state index < -0.39 is 15.9 Å². The van der Waals surface area contributed by atoms with Crippen LogP contribution in [-0.4, -0.2) is 35.0 Å². The third kappa shape index (κ3) is 4.58. The molecule has 0 aliphatic heterocycles. The van der Waals surface area contributed by atoms with Crippen molar-refractivity contribution in [3.63, 3.8) is 0 Å². The molecule has 0 saturated carbocycles. The second-order valence-corrected chi connectivity index (χ2v) is 7.46. The van der Waals surface area contributed by atoms with E-state index in [1.165, 1.54) is 50.8 Å². The Kier molecular flexibility index (Phi) is 6.39. The Balaban J connectivity index is 2.10. The second-order valence-electron chi connectivity index (χ2n) is 5.70. The van der Waals surface area contributed by atoms with Crippen molar-refractivity contribution in [1.82, 2.24) is 10.0 Å². The van der Waals surface area contributed by atoms with E-state index in [1.54, 1.807) is 0 Å². The van der Waals surface area contributed by atoms with E-state index >= 15 is 0 Å². The van der Waals surface area contributed by atoms with Crippen LogP contribution in [0.3, 0.4) is 0 Å². The number of methoxy groups -OCH3 is 1. The minimum Gasteiger partial charge on any atom is -0.496 e. The number of hydrogen-bond acceptors (Lipinski definition) is 4. The van der Waals surface area contributed by atoms with Crippen LogP contribution in [0, 0.1) is 0 Å². The molecule has 0 bridgehead atoms. The van der Waals surface area contributed by atoms with Crippen LogP contribution in [0.2, 0.25) is 0 Å². The summed E-state index contributed by atoms with van der Waals surface area (Å²) in [7, 11) is -0.741. The average molecular weight is 352 g/mol. The Hall–Kier alpha value is -1.86. The summed E-state index contributed by atoms with van der Waals surface area (Å²) in [5.74, 6) is -0.0584. The molecule has 6 nitrogen and oxygen atoms in total. The maximum Gasteiger partial charge on any atom is 0.254 e. The molecule has 1 amide bonds. The molecule has 1 aromatic carbocycles. The van der Waals surface area contributed by atoms with Gasteiger partial charge in [-0.1, -0.05) is 11.6 Å². The summed E-state index contributed by atoms with van der Waals surface area (Å²) >= 11 is 0. The first-order valence-electron chi connectivity index (χ1n) is 8.05. The predicted molar refractivity (Wildman–Crippen MR) is 92.7 cm³/mol. The van der Waals surface area contributed by atoms with E-state index in [4.69, 9.17) is 4.74 Å². The maximum atomic E-state index is 12.4. The van der Waals surface area contributed by atoms with Gasteiger partial charge in [0, 0.05) is 13.6 Å². The van der Waals surface area contributed by atoms with Crippen LogP contribution in [0.15, 0.2) is 34.7 Å². The molecule has 0 aromatic heterocycles. The van der Waals surface area contributed by atoms with Crippen molar-refractivity contribution in [2.75, 3.05) is 20.7 Å². The zero-order valence-electron chi connectivity index (χ0n) is 14.1. The molecular formula is C17H24N2O4S. The van der Waals surface area contributed by atoms with Gasteiger partial charge < -0.3 is 10.1 Å². The summed E-state index contributed by atoms with van der Waals surface area (Å²) in [6.07, 6.45) is 7.43. The molecule has 7 heteroatoms. The van der Waals surface area contributed by atoms with Gasteiger partial charge in [0.15, 0.2) is 0 Å². The fraction of sp³-hybridized carbons (Fsp3) is 0.471. The largest absolute Gasteiger partial charge is 0.496 e. The standard InChI is InChI=1S/C17H24N2O4S/c1-18-17(20)15-12-14(8-9-16(15)23-2)24(21,22)19-11-10-13-6-4-3-5-7-13/h6,8-9,12,19H,3-5,7,10-11H2,1-2H3,(H,18,20). The molecule has 0 spiro atoms. The van der Waals surface area contributed by atoms with Gasteiger partial charge in [-0.05, 0) is 50.3 Å². The van der Waals surface area contributed by atoms with E-state index in [0.717, 1.165) is 19.3 Å². The maximum absolute atomic E-state index is 12.4. The van der Waals surface area contributed by atoms with Gasteiger partial charge in [0.1, 0.15) is 5.75 Å². The fourth-order valence-corrected chi connectivity index (χ4v) is 3.79. The minimum atomic E-state index is -3.66. The Labute approximate surface area is 143 Å². The van der Waals surface area contributed by atoms with Crippen molar-refractivity contribution in [2.45, 2.75) is 37.0 Å². The SMILES string of the molecule is CNC(=O)c1cc(S(=O)(=O)NCCC2=CCCCC2)ccc1OC. The summed E-state index contributed by atoms with van der Waals surface area (Å²) < 4.78 is 32.6. The molecule has 1 aliphatic rings. The lowest BCUT2D eigenvalue weighted by atomic mass is 9.97. The molecular weight excluding hydrogens is 328 g/mol. The quantitative estimate of drug-likeness (QED) is 0.737. The van der Waals surface area contributed by atoms with Crippen LogP contribution in [0.4, 0.5) is 0 Å². The number of carbonyl (C=O) groups is 1. The van der Waals surface area contributed by atoms with Gasteiger partial charge in [-0.3, -0.25) is 4.79 Å². The summed E-state index contributed by atoms with van der Waals surface area (Å²) in [4.78, 5) is 11.9. The monoisotopic (exact) mass is 352 g/mol. The lowest BCUT2D eigenvalue weighted by molar-refractivity contribution is 0.0960. The second kappa shape index (κ2) is 8.30. The van der Waals surface area contributed by atoms with Crippen molar-refractivity contribution < 1.29 is 17.9 Å². The lowest BCUT2D eigenvalue weighted by Crippen LogP contribution is -2.26. The zero-order chi connectivity index (χ0) is 17.6. The van der Waals surface area contributed by atoms with Crippen LogP contribution in [0.1, 0.15) is 42.5 Å². The van der Waals surface area contributed by atoms with Gasteiger partial charge >= 0.3 is 0 Å². The topological polar surface area (TPSA) is 84.5 Å². The first-order valence-corrected chi connectivity index (χ1v) is 9.54. The average Bonchev–Trinajstić information content (AvgIpc) is 2.61. The van der Waals surface area contributed by atoms with Gasteiger partial charge in [-0.25, -0.2) is 13.1 Å². The molecule has 0 unspecified atom stereocenters. The number of rotatable bonds is 7. The summed E-state index contributed by atoms with van der Waals surface area (Å²) in [5, 5.41) is 2.48. The van der Waals surface area contributed by atoms with E-state index in [1.807, 2.05) is 0 Å². The fourth-order valence-electron chi connectivity index (χ4n) is 2.73. The van der Waals surface area contributed by atoms with Gasteiger partial charge in [0.2, 0.25) is 10.0 Å². The van der Waals surface area contributed by atoms with Gasteiger partial charge in [-0.15, -0.1) is 0 Å². The van der Waals surface area contributed by atoms with Crippen LogP contribution in [0.5, 0.6) is 5.75 Å². The van der Waals surface area contributed by atoms with Crippen LogP contribution < -0.4 is 14.8 Å². The number of carbonyl (C=O) groups excluding carboxylic acids is 1. The van der Waals surface area contributed by atoms with Crippen molar-refractivity contribution in [1.29, 1.82) is 0 Å². The van der Waals surface area contributed by atoms with E-state index in [9.17, 15) is 13.2 Å². The van der Waals surface area contributed by atoms with Crippen molar-refractivity contribution >= 4 is 15.9 Å². The number of nitrogens with one attached hydrogen (secondary N) is 2. The highest BCUT2D eigenvalue weighted by Gasteiger charge is 2.19. The lowest BCUT2D eigenvalue weighted by Gasteiger charge is -2.14. The number of benzene rings is 1. The van der Waals surface area contributed by atoms with Gasteiger partial charge in [0.25, 0.3) is 5.91 Å². The Morgan fingerprint density at radius 1 is 1.29 bits per heavy atom. The van der Waals surface area contributed by atoms with Crippen molar-refractivity contribution in [3.05, 3.63) is 35.4 Å². The molecule has 0 atom stereocenters. The van der Waals surface area contributed by atoms with Gasteiger partial charge in [-0.2, -0.15) is 0 Å². The summed E-state index contributed by atoms with van der Waals surface area (Å²) in [5.41, 5.74) is 1.50. The van der Waals surface area contributed by atoms with E-state index in [0.29, 0.717) is 12.3 Å². The van der Waals surface area contributed by atoms with E-state index in [2.05, 4.69) is 16.1 Å². The summed E-state index contributed by atoms with van der Waals surface area (Å²) in [6, 6.07) is 4.26. The van der Waals surface area contributed by atoms with Crippen molar-refractivity contribution in [2.24, 2.45) is 0 Å². The highest BCUT2D eigenvalue weighted by molar-refractivity contribution is 7.89. The van der Waals surface area contributed by atoms with Crippen LogP contribution in [0.25, 0.3) is 0 Å². The third-order valence-corrected chi connectivity index (χ3v) is 5.53. The Morgan fingerprint density at radius 3 is 2.71 bits per heavy atom. The van der Waals surface area contributed by atoms with Crippen LogP contribution in [-0.2, 0) is 10.0 Å². The summed E-state index contributed by atoms with van der Waals surface area (Å²) in [6.45, 7) is 0.357. The Morgan fingerprint density at radius 2 is 2.08 bits per heavy atom. The molecule has 1 aromatic rings. The number of sulfonamides is 1. The Bertz CT molecular complexity index is 726. The number of allylic oxidation sites excluding steroid dienone is 1. The smallest absolute Gasteiger partial charge is 0.254 e. The first kappa shape index (κ1) is 18.5. The zero-order valence-corrected chi connectivity index (χ0v) is 14.9. The molecule has 132 valence electrons. The number of ether oxygens (including phenoxy) is 1. The molecule has 0 fully saturated rings. The molecule has 0 saturated heterocycles. The van der Waals surface area contributed by atoms with E-state index in [-0.39, 0.29) is 10.5 Å². The van der Waals surface area contributed by atoms with Gasteiger partial charge in [0.05, 0.1) is 17.6 Å². The molecule has 2 N–H and O–H groups in total. The number of hydrogen-bond donors (Lipinski definition) is 2. The van der Waals surface area contributed by atoms with Crippen molar-refractivity contribution in [3.8, 4) is 5.75 Å². The molecule has 1 aliphatic carbocycles. The predicted octanol–water partition coefficient (Wildman–Crippen LogP) is 2.22. The molecule has 24 heavy (non-hydrogen) atoms. The molecule has 0 radical (unpaired) electrons. The normalized spacial score (nSPS) is 14.8. The van der Waals surface area contributed by atoms with Crippen LogP contribution >= 0.6 is 0 Å². The highest BCUT2D eigenvalue weighted by atomic mass is 32.2. The first-order chi connectivity index (χ1) is 11.5. The molecule has 0 heterocycles. The molecule has 2 rings (SSSR count). The highest BCUT2D eigenvalue weighted by Crippen LogP contribution is 2.23.